The molecule has 2 atom stereocenters. The van der Waals surface area contributed by atoms with Crippen molar-refractivity contribution in [3.05, 3.63) is 41.9 Å². The molecule has 144 valence electrons. The summed E-state index contributed by atoms with van der Waals surface area (Å²) in [5.74, 6) is 0.697. The molecule has 0 spiro atoms. The Morgan fingerprint density at radius 3 is 2.93 bits per heavy atom. The molecule has 0 radical (unpaired) electrons. The van der Waals surface area contributed by atoms with Crippen LogP contribution in [0.15, 0.2) is 42.1 Å². The molecule has 2 aromatic rings. The van der Waals surface area contributed by atoms with Gasteiger partial charge < -0.3 is 10.1 Å². The molecule has 0 bridgehead atoms. The van der Waals surface area contributed by atoms with E-state index in [1.54, 1.807) is 6.08 Å². The molecule has 0 unspecified atom stereocenters. The van der Waals surface area contributed by atoms with Gasteiger partial charge in [0.15, 0.2) is 11.0 Å². The minimum absolute atomic E-state index is 0.0559. The lowest BCUT2D eigenvalue weighted by Gasteiger charge is -2.16. The largest absolute Gasteiger partial charge is 0.376 e. The first-order valence-corrected chi connectivity index (χ1v) is 10.2. The van der Waals surface area contributed by atoms with E-state index in [0.29, 0.717) is 23.3 Å². The lowest BCUT2D eigenvalue weighted by Crippen LogP contribution is -2.31. The second kappa shape index (κ2) is 9.39. The summed E-state index contributed by atoms with van der Waals surface area (Å²) in [6, 6.07) is 7.51. The van der Waals surface area contributed by atoms with Crippen LogP contribution >= 0.6 is 23.4 Å². The molecule has 3 rings (SSSR count). The van der Waals surface area contributed by atoms with Crippen LogP contribution in [0.4, 0.5) is 0 Å². The lowest BCUT2D eigenvalue weighted by atomic mass is 10.2. The maximum Gasteiger partial charge on any atom is 0.233 e. The van der Waals surface area contributed by atoms with Crippen LogP contribution in [-0.4, -0.2) is 45.2 Å². The van der Waals surface area contributed by atoms with Gasteiger partial charge in [-0.3, -0.25) is 9.36 Å². The molecule has 1 aromatic carbocycles. The van der Waals surface area contributed by atoms with E-state index in [0.717, 1.165) is 30.8 Å². The van der Waals surface area contributed by atoms with E-state index in [1.165, 1.54) is 11.8 Å². The molecule has 1 N–H and O–H groups in total. The molecular weight excluding hydrogens is 384 g/mol. The van der Waals surface area contributed by atoms with Gasteiger partial charge in [-0.2, -0.15) is 0 Å². The number of halogens is 1. The van der Waals surface area contributed by atoms with Crippen molar-refractivity contribution in [2.45, 2.75) is 42.8 Å². The van der Waals surface area contributed by atoms with Crippen molar-refractivity contribution in [2.75, 3.05) is 13.2 Å². The predicted molar refractivity (Wildman–Crippen MR) is 108 cm³/mol. The van der Waals surface area contributed by atoms with Crippen molar-refractivity contribution in [2.24, 2.45) is 0 Å². The summed E-state index contributed by atoms with van der Waals surface area (Å²) in [4.78, 5) is 12.2. The van der Waals surface area contributed by atoms with Gasteiger partial charge in [-0.1, -0.05) is 29.4 Å². The van der Waals surface area contributed by atoms with Gasteiger partial charge in [0.05, 0.1) is 17.9 Å². The zero-order valence-corrected chi connectivity index (χ0v) is 16.8. The third-order valence-corrected chi connectivity index (χ3v) is 5.63. The van der Waals surface area contributed by atoms with E-state index >= 15 is 0 Å². The molecule has 1 fully saturated rings. The smallest absolute Gasteiger partial charge is 0.233 e. The Labute approximate surface area is 168 Å². The molecule has 1 amide bonds. The van der Waals surface area contributed by atoms with E-state index in [9.17, 15) is 4.79 Å². The van der Waals surface area contributed by atoms with Gasteiger partial charge >= 0.3 is 0 Å². The Hall–Kier alpha value is -1.83. The fourth-order valence-electron chi connectivity index (χ4n) is 2.87. The highest BCUT2D eigenvalue weighted by molar-refractivity contribution is 8.00. The topological polar surface area (TPSA) is 69.0 Å². The fourth-order valence-corrected chi connectivity index (χ4v) is 3.88. The summed E-state index contributed by atoms with van der Waals surface area (Å²) in [5, 5.41) is 12.6. The number of benzene rings is 1. The molecule has 1 aliphatic heterocycles. The minimum Gasteiger partial charge on any atom is -0.376 e. The highest BCUT2D eigenvalue weighted by Gasteiger charge is 2.24. The van der Waals surface area contributed by atoms with Crippen molar-refractivity contribution in [1.82, 2.24) is 20.1 Å². The van der Waals surface area contributed by atoms with Crippen LogP contribution in [0.1, 0.15) is 19.8 Å². The summed E-state index contributed by atoms with van der Waals surface area (Å²) in [7, 11) is 0. The van der Waals surface area contributed by atoms with E-state index < -0.39 is 0 Å². The normalized spacial score (nSPS) is 17.6. The van der Waals surface area contributed by atoms with Crippen LogP contribution in [0, 0.1) is 0 Å². The Kier molecular flexibility index (Phi) is 6.93. The summed E-state index contributed by atoms with van der Waals surface area (Å²) >= 11 is 7.40. The highest BCUT2D eigenvalue weighted by Crippen LogP contribution is 2.29. The van der Waals surface area contributed by atoms with Gasteiger partial charge in [-0.05, 0) is 44.0 Å². The van der Waals surface area contributed by atoms with Gasteiger partial charge in [-0.25, -0.2) is 0 Å². The number of nitrogens with zero attached hydrogens (tertiary/aromatic N) is 3. The lowest BCUT2D eigenvalue weighted by molar-refractivity contribution is -0.120. The molecule has 2 heterocycles. The number of ether oxygens (including phenoxy) is 1. The molecule has 27 heavy (non-hydrogen) atoms. The van der Waals surface area contributed by atoms with Crippen LogP contribution in [-0.2, 0) is 16.1 Å². The first kappa shape index (κ1) is 19.9. The van der Waals surface area contributed by atoms with Crippen LogP contribution in [0.5, 0.6) is 0 Å². The second-order valence-electron chi connectivity index (χ2n) is 6.35. The average molecular weight is 407 g/mol. The molecule has 1 saturated heterocycles. The van der Waals surface area contributed by atoms with Gasteiger partial charge in [0, 0.05) is 23.7 Å². The quantitative estimate of drug-likeness (QED) is 0.536. The molecule has 6 nitrogen and oxygen atoms in total. The molecule has 1 aliphatic rings. The van der Waals surface area contributed by atoms with E-state index in [1.807, 2.05) is 35.8 Å². The van der Waals surface area contributed by atoms with Gasteiger partial charge in [0.1, 0.15) is 0 Å². The molecule has 8 heteroatoms. The third-order valence-electron chi connectivity index (χ3n) is 4.30. The van der Waals surface area contributed by atoms with E-state index in [-0.39, 0.29) is 17.3 Å². The van der Waals surface area contributed by atoms with Crippen molar-refractivity contribution in [3.63, 3.8) is 0 Å². The molecule has 1 aromatic heterocycles. The first-order valence-electron chi connectivity index (χ1n) is 8.94. The van der Waals surface area contributed by atoms with Crippen LogP contribution in [0.2, 0.25) is 5.02 Å². The number of hydrogen-bond acceptors (Lipinski definition) is 5. The van der Waals surface area contributed by atoms with Crippen LogP contribution < -0.4 is 5.32 Å². The number of aromatic nitrogens is 3. The Morgan fingerprint density at radius 2 is 2.26 bits per heavy atom. The molecule has 0 aliphatic carbocycles. The van der Waals surface area contributed by atoms with Crippen molar-refractivity contribution >= 4 is 29.3 Å². The van der Waals surface area contributed by atoms with Crippen LogP contribution in [0.25, 0.3) is 11.4 Å². The van der Waals surface area contributed by atoms with E-state index in [4.69, 9.17) is 16.3 Å². The number of hydrogen-bond donors (Lipinski definition) is 1. The van der Waals surface area contributed by atoms with Crippen molar-refractivity contribution in [3.8, 4) is 11.4 Å². The third kappa shape index (κ3) is 5.12. The summed E-state index contributed by atoms with van der Waals surface area (Å²) in [6.07, 6.45) is 3.87. The van der Waals surface area contributed by atoms with Gasteiger partial charge in [0.2, 0.25) is 5.91 Å². The Morgan fingerprint density at radius 1 is 1.48 bits per heavy atom. The SMILES string of the molecule is C=CCNC(=O)[C@H](C)Sc1nnc(-c2ccc(Cl)cc2)n1C[C@@H]1CCCO1. The molecule has 0 saturated carbocycles. The van der Waals surface area contributed by atoms with Gasteiger partial charge in [0.25, 0.3) is 0 Å². The first-order chi connectivity index (χ1) is 13.1. The standard InChI is InChI=1S/C19H23ClN4O2S/c1-3-10-21-18(25)13(2)27-19-23-22-17(14-6-8-15(20)9-7-14)24(19)12-16-5-4-11-26-16/h3,6-9,13,16H,1,4-5,10-12H2,2H3,(H,21,25)/t13-,16-/m0/s1. The Bertz CT molecular complexity index is 788. The Balaban J connectivity index is 1.84. The van der Waals surface area contributed by atoms with Crippen molar-refractivity contribution in [1.29, 1.82) is 0 Å². The maximum absolute atomic E-state index is 12.2. The maximum atomic E-state index is 12.2. The monoisotopic (exact) mass is 406 g/mol. The minimum atomic E-state index is -0.296. The number of thioether (sulfide) groups is 1. The van der Waals surface area contributed by atoms with E-state index in [2.05, 4.69) is 22.1 Å². The zero-order chi connectivity index (χ0) is 19.2. The number of carbonyl (C=O) groups excluding carboxylic acids is 1. The molecular formula is C19H23ClN4O2S. The summed E-state index contributed by atoms with van der Waals surface area (Å²) in [5.41, 5.74) is 0.931. The number of nitrogens with one attached hydrogen (secondary N) is 1. The fraction of sp³-hybridized carbons (Fsp3) is 0.421. The van der Waals surface area contributed by atoms with Crippen molar-refractivity contribution < 1.29 is 9.53 Å². The number of rotatable bonds is 8. The predicted octanol–water partition coefficient (Wildman–Crippen LogP) is 3.56. The average Bonchev–Trinajstić information content (AvgIpc) is 3.31. The summed E-state index contributed by atoms with van der Waals surface area (Å²) < 4.78 is 7.84. The highest BCUT2D eigenvalue weighted by atomic mass is 35.5. The number of amides is 1. The number of carbonyl (C=O) groups is 1. The van der Waals surface area contributed by atoms with Crippen LogP contribution in [0.3, 0.4) is 0 Å². The van der Waals surface area contributed by atoms with Gasteiger partial charge in [-0.15, -0.1) is 16.8 Å². The summed E-state index contributed by atoms with van der Waals surface area (Å²) in [6.45, 7) is 7.37. The zero-order valence-electron chi connectivity index (χ0n) is 15.2. The second-order valence-corrected chi connectivity index (χ2v) is 8.10.